The zero-order valence-corrected chi connectivity index (χ0v) is 27.3. The van der Waals surface area contributed by atoms with Gasteiger partial charge in [-0.3, -0.25) is 4.79 Å². The van der Waals surface area contributed by atoms with E-state index in [1.807, 2.05) is 0 Å². The summed E-state index contributed by atoms with van der Waals surface area (Å²) in [6.07, 6.45) is 19.6. The summed E-state index contributed by atoms with van der Waals surface area (Å²) < 4.78 is 11.1. The number of rotatable bonds is 13. The minimum Gasteiger partial charge on any atom is -0.462 e. The Balaban J connectivity index is 1.26. The van der Waals surface area contributed by atoms with E-state index in [0.717, 1.165) is 74.0 Å². The highest BCUT2D eigenvalue weighted by molar-refractivity contribution is 5.86. The first-order chi connectivity index (χ1) is 19.5. The third kappa shape index (κ3) is 7.32. The molecule has 0 N–H and O–H groups in total. The fourth-order valence-electron chi connectivity index (χ4n) is 9.83. The second-order valence-corrected chi connectivity index (χ2v) is 15.4. The van der Waals surface area contributed by atoms with E-state index in [2.05, 4.69) is 47.3 Å². The van der Waals surface area contributed by atoms with Gasteiger partial charge in [-0.25, -0.2) is 4.79 Å². The summed E-state index contributed by atoms with van der Waals surface area (Å²) in [4.78, 5) is 24.1. The van der Waals surface area contributed by atoms with Gasteiger partial charge in [-0.2, -0.15) is 0 Å². The molecule has 3 fully saturated rings. The van der Waals surface area contributed by atoms with Crippen molar-refractivity contribution in [2.75, 3.05) is 6.61 Å². The molecular formula is C37H60O4. The summed E-state index contributed by atoms with van der Waals surface area (Å²) in [7, 11) is 0. The topological polar surface area (TPSA) is 52.6 Å². The van der Waals surface area contributed by atoms with E-state index in [0.29, 0.717) is 24.0 Å². The van der Waals surface area contributed by atoms with Crippen molar-refractivity contribution in [1.29, 1.82) is 0 Å². The van der Waals surface area contributed by atoms with Gasteiger partial charge in [-0.15, -0.1) is 0 Å². The molecule has 4 heteroatoms. The molecule has 0 heterocycles. The molecule has 0 amide bonds. The number of carbonyl (C=O) groups excluding carboxylic acids is 2. The minimum absolute atomic E-state index is 0.0336. The van der Waals surface area contributed by atoms with Gasteiger partial charge >= 0.3 is 11.9 Å². The average molecular weight is 569 g/mol. The molecule has 41 heavy (non-hydrogen) atoms. The second-order valence-electron chi connectivity index (χ2n) is 15.4. The van der Waals surface area contributed by atoms with Crippen molar-refractivity contribution in [2.24, 2.45) is 46.3 Å². The Morgan fingerprint density at radius 2 is 1.76 bits per heavy atom. The molecule has 0 aromatic heterocycles. The molecule has 0 aromatic rings. The first-order valence-electron chi connectivity index (χ1n) is 17.2. The summed E-state index contributed by atoms with van der Waals surface area (Å²) >= 11 is 0. The molecule has 3 saturated carbocycles. The first-order valence-corrected chi connectivity index (χ1v) is 17.2. The molecule has 232 valence electrons. The van der Waals surface area contributed by atoms with Crippen LogP contribution >= 0.6 is 0 Å². The lowest BCUT2D eigenvalue weighted by atomic mass is 9.47. The Bertz CT molecular complexity index is 964. The van der Waals surface area contributed by atoms with Crippen LogP contribution in [0.25, 0.3) is 0 Å². The largest absolute Gasteiger partial charge is 0.462 e. The van der Waals surface area contributed by atoms with Crippen molar-refractivity contribution in [3.63, 3.8) is 0 Å². The molecule has 0 radical (unpaired) electrons. The number of hydrogen-bond acceptors (Lipinski definition) is 4. The molecule has 0 unspecified atom stereocenters. The maximum atomic E-state index is 12.6. The number of esters is 2. The van der Waals surface area contributed by atoms with Crippen LogP contribution in [0.1, 0.15) is 138 Å². The van der Waals surface area contributed by atoms with Gasteiger partial charge in [0.25, 0.3) is 0 Å². The highest BCUT2D eigenvalue weighted by atomic mass is 16.5. The summed E-state index contributed by atoms with van der Waals surface area (Å²) in [5.74, 6) is 4.69. The second kappa shape index (κ2) is 13.8. The highest BCUT2D eigenvalue weighted by Crippen LogP contribution is 2.67. The fraction of sp³-hybridized carbons (Fsp3) is 0.838. The lowest BCUT2D eigenvalue weighted by Gasteiger charge is -2.58. The Labute approximate surface area is 251 Å². The van der Waals surface area contributed by atoms with E-state index < -0.39 is 0 Å². The number of fused-ring (bicyclic) bond motifs is 5. The smallest absolute Gasteiger partial charge is 0.333 e. The SMILES string of the molecule is C=C(C)C(=O)OCCCCCC(=O)O[C@H]1CC[C@@]2(C)C(=CC[C@H]3[C@@H]4CC[C@H]([C@H](C)CCCC(C)C)[C@@]4(C)CC[C@@H]32)C1. The van der Waals surface area contributed by atoms with Gasteiger partial charge in [0.15, 0.2) is 0 Å². The van der Waals surface area contributed by atoms with Crippen LogP contribution < -0.4 is 0 Å². The maximum absolute atomic E-state index is 12.6. The van der Waals surface area contributed by atoms with Crippen molar-refractivity contribution in [3.8, 4) is 0 Å². The Kier molecular flexibility index (Phi) is 10.9. The van der Waals surface area contributed by atoms with Crippen molar-refractivity contribution < 1.29 is 19.1 Å². The van der Waals surface area contributed by atoms with Crippen LogP contribution in [0.4, 0.5) is 0 Å². The third-order valence-corrected chi connectivity index (χ3v) is 12.2. The molecule has 0 spiro atoms. The number of carbonyl (C=O) groups is 2. The maximum Gasteiger partial charge on any atom is 0.333 e. The van der Waals surface area contributed by atoms with Gasteiger partial charge in [0, 0.05) is 18.4 Å². The highest BCUT2D eigenvalue weighted by Gasteiger charge is 2.59. The summed E-state index contributed by atoms with van der Waals surface area (Å²) in [6.45, 7) is 18.1. The van der Waals surface area contributed by atoms with Crippen molar-refractivity contribution >= 4 is 11.9 Å². The molecule has 8 atom stereocenters. The van der Waals surface area contributed by atoms with E-state index in [4.69, 9.17) is 9.47 Å². The van der Waals surface area contributed by atoms with E-state index in [1.54, 1.807) is 12.5 Å². The van der Waals surface area contributed by atoms with Crippen LogP contribution in [0.3, 0.4) is 0 Å². The monoisotopic (exact) mass is 568 g/mol. The fourth-order valence-corrected chi connectivity index (χ4v) is 9.83. The van der Waals surface area contributed by atoms with E-state index in [9.17, 15) is 9.59 Å². The molecule has 0 saturated heterocycles. The third-order valence-electron chi connectivity index (χ3n) is 12.2. The molecular weight excluding hydrogens is 508 g/mol. The predicted octanol–water partition coefficient (Wildman–Crippen LogP) is 9.62. The van der Waals surface area contributed by atoms with Gasteiger partial charge in [0.2, 0.25) is 0 Å². The number of hydrogen-bond donors (Lipinski definition) is 0. The first kappa shape index (κ1) is 32.3. The predicted molar refractivity (Wildman–Crippen MR) is 167 cm³/mol. The van der Waals surface area contributed by atoms with Crippen LogP contribution in [-0.2, 0) is 19.1 Å². The van der Waals surface area contributed by atoms with Gasteiger partial charge in [0.05, 0.1) is 6.61 Å². The van der Waals surface area contributed by atoms with Crippen molar-refractivity contribution in [2.45, 2.75) is 144 Å². The van der Waals surface area contributed by atoms with Crippen LogP contribution in [0, 0.1) is 46.3 Å². The quantitative estimate of drug-likeness (QED) is 0.0960. The lowest BCUT2D eigenvalue weighted by molar-refractivity contribution is -0.151. The van der Waals surface area contributed by atoms with Gasteiger partial charge in [-0.05, 0) is 117 Å². The summed E-state index contributed by atoms with van der Waals surface area (Å²) in [6, 6.07) is 0. The van der Waals surface area contributed by atoms with Crippen LogP contribution in [0.5, 0.6) is 0 Å². The average Bonchev–Trinajstić information content (AvgIpc) is 3.27. The van der Waals surface area contributed by atoms with Crippen molar-refractivity contribution in [1.82, 2.24) is 0 Å². The normalized spacial score (nSPS) is 35.1. The minimum atomic E-state index is -0.339. The zero-order valence-electron chi connectivity index (χ0n) is 27.3. The van der Waals surface area contributed by atoms with Crippen LogP contribution in [-0.4, -0.2) is 24.6 Å². The number of allylic oxidation sites excluding steroid dienone is 1. The zero-order chi connectivity index (χ0) is 29.8. The van der Waals surface area contributed by atoms with Gasteiger partial charge < -0.3 is 9.47 Å². The molecule has 4 aliphatic carbocycles. The molecule has 0 aromatic carbocycles. The molecule has 4 nitrogen and oxygen atoms in total. The number of unbranched alkanes of at least 4 members (excludes halogenated alkanes) is 2. The standard InChI is InChI=1S/C37H60O4/c1-25(2)12-11-13-27(5)31-17-18-32-30-16-15-28-24-29(19-21-36(28,6)33(30)20-22-37(31,32)7)41-34(38)14-9-8-10-23-40-35(39)26(3)4/h15,25,27,29-33H,3,8-14,16-24H2,1-2,4-7H3/t27-,29+,30+,31-,32+,33+,36+,37-/m1/s1. The summed E-state index contributed by atoms with van der Waals surface area (Å²) in [5, 5.41) is 0. The molecule has 4 aliphatic rings. The molecule has 0 aliphatic heterocycles. The molecule has 4 rings (SSSR count). The van der Waals surface area contributed by atoms with Gasteiger partial charge in [0.1, 0.15) is 6.10 Å². The van der Waals surface area contributed by atoms with Gasteiger partial charge in [-0.1, -0.05) is 72.1 Å². The molecule has 0 bridgehead atoms. The van der Waals surface area contributed by atoms with Crippen molar-refractivity contribution in [3.05, 3.63) is 23.8 Å². The van der Waals surface area contributed by atoms with E-state index in [-0.39, 0.29) is 23.5 Å². The Morgan fingerprint density at radius 1 is 0.976 bits per heavy atom. The Hall–Kier alpha value is -1.58. The number of ether oxygens (including phenoxy) is 2. The Morgan fingerprint density at radius 3 is 2.49 bits per heavy atom. The summed E-state index contributed by atoms with van der Waals surface area (Å²) in [5.41, 5.74) is 2.82. The van der Waals surface area contributed by atoms with E-state index >= 15 is 0 Å². The lowest BCUT2D eigenvalue weighted by Crippen LogP contribution is -2.51. The van der Waals surface area contributed by atoms with Crippen LogP contribution in [0.2, 0.25) is 0 Å². The van der Waals surface area contributed by atoms with Crippen LogP contribution in [0.15, 0.2) is 23.8 Å². The van der Waals surface area contributed by atoms with E-state index in [1.165, 1.54) is 51.4 Å².